The molecule has 4 rings (SSSR count). The highest BCUT2D eigenvalue weighted by Gasteiger charge is 2.74. The summed E-state index contributed by atoms with van der Waals surface area (Å²) < 4.78 is 43.1. The summed E-state index contributed by atoms with van der Waals surface area (Å²) in [5.41, 5.74) is -0.587. The molecule has 25 unspecified atom stereocenters. The van der Waals surface area contributed by atoms with E-state index >= 15 is 4.79 Å². The molecule has 1 heterocycles. The van der Waals surface area contributed by atoms with Crippen molar-refractivity contribution in [2.45, 2.75) is 83.1 Å². The minimum atomic E-state index is -1.25. The number of ketones is 1. The predicted molar refractivity (Wildman–Crippen MR) is 387 cm³/mol. The first-order chi connectivity index (χ1) is 29.0. The summed E-state index contributed by atoms with van der Waals surface area (Å²) in [6.45, 7) is 3.43. The van der Waals surface area contributed by atoms with E-state index in [1.807, 2.05) is 0 Å². The van der Waals surface area contributed by atoms with Crippen LogP contribution in [-0.2, 0) is 32.4 Å². The van der Waals surface area contributed by atoms with Crippen LogP contribution < -0.4 is 0 Å². The average Bonchev–Trinajstić information content (AvgIpc) is 3.47. The van der Waals surface area contributed by atoms with Crippen LogP contribution in [0.2, 0.25) is 0 Å². The van der Waals surface area contributed by atoms with Gasteiger partial charge in [0.25, 0.3) is 0 Å². The fraction of sp³-hybridized carbons (Fsp3) is 0.800. The molecular weight excluding hydrogens is 1450 g/mol. The van der Waals surface area contributed by atoms with Crippen LogP contribution in [0.25, 0.3) is 0 Å². The van der Waals surface area contributed by atoms with Crippen molar-refractivity contribution >= 4 is 297 Å². The quantitative estimate of drug-likeness (QED) is 0.0677. The van der Waals surface area contributed by atoms with E-state index in [1.54, 1.807) is 0 Å². The van der Waals surface area contributed by atoms with E-state index in [2.05, 4.69) is 197 Å². The van der Waals surface area contributed by atoms with Crippen molar-refractivity contribution in [3.05, 3.63) is 11.1 Å². The molecule has 366 valence electrons. The molecule has 0 aromatic heterocycles. The summed E-state index contributed by atoms with van der Waals surface area (Å²) in [6.07, 6.45) is -2.27. The standard InChI is InChI=1S/C20H63O8P35/c1-8-10(26-50(31)62(58(42)43)63(59(44)45)60(46)47)7-20-16(23-17(22)24-20)14-15(21)9(25-49(30)53(32)33)5-12(28-51(54(34)35)55(36)37)19(14,4)6-11(13(8)18(20,2)3)27-52(56(38)39)61(48-29)57(40)41/h9-12,14,16,48H,5-7,29-47H2,1-4H3/t9-,10-,11+,12-,14-,16-,19+,20+,49?,50?,52?,61?,62?/m0/s1. The molecule has 43 heteroatoms. The van der Waals surface area contributed by atoms with Gasteiger partial charge in [-0.3, -0.25) is 4.79 Å². The van der Waals surface area contributed by atoms with E-state index in [0.29, 0.717) is 27.2 Å². The molecule has 3 aliphatic carbocycles. The summed E-state index contributed by atoms with van der Waals surface area (Å²) >= 11 is 0. The lowest BCUT2D eigenvalue weighted by atomic mass is 9.48. The van der Waals surface area contributed by atoms with Gasteiger partial charge in [0.15, 0.2) is 17.5 Å². The lowest BCUT2D eigenvalue weighted by Gasteiger charge is -2.61. The Labute approximate surface area is 440 Å². The third kappa shape index (κ3) is 16.9. The number of rotatable bonds is 20. The van der Waals surface area contributed by atoms with Crippen LogP contribution in [0.1, 0.15) is 47.0 Å². The first kappa shape index (κ1) is 69.1. The first-order valence-corrected chi connectivity index (χ1v) is 78.1. The summed E-state index contributed by atoms with van der Waals surface area (Å²) in [5, 5.41) is 0. The number of ether oxygens (including phenoxy) is 2. The second-order valence-electron chi connectivity index (χ2n) is 15.0. The Morgan fingerprint density at radius 3 is 1.59 bits per heavy atom. The summed E-state index contributed by atoms with van der Waals surface area (Å²) in [5.74, 6) is -0.831. The largest absolute Gasteiger partial charge is 0.509 e. The van der Waals surface area contributed by atoms with E-state index in [4.69, 9.17) is 27.6 Å². The van der Waals surface area contributed by atoms with Crippen LogP contribution in [0.5, 0.6) is 0 Å². The maximum Gasteiger partial charge on any atom is 0.509 e. The minimum Gasteiger partial charge on any atom is -0.426 e. The van der Waals surface area contributed by atoms with Crippen LogP contribution >= 0.6 is 285 Å². The van der Waals surface area contributed by atoms with Crippen molar-refractivity contribution in [1.82, 2.24) is 0 Å². The molecule has 1 saturated heterocycles. The fourth-order valence-electron chi connectivity index (χ4n) is 8.46. The Morgan fingerprint density at radius 2 is 1.13 bits per heavy atom. The summed E-state index contributed by atoms with van der Waals surface area (Å²) in [4.78, 5) is 29.9. The van der Waals surface area contributed by atoms with Gasteiger partial charge in [-0.25, -0.2) is 4.79 Å². The molecule has 0 aromatic carbocycles. The third-order valence-corrected chi connectivity index (χ3v) is 169. The van der Waals surface area contributed by atoms with Crippen molar-refractivity contribution in [3.8, 4) is 0 Å². The van der Waals surface area contributed by atoms with Crippen molar-refractivity contribution in [2.24, 2.45) is 16.7 Å². The first-order valence-electron chi connectivity index (χ1n) is 17.7. The van der Waals surface area contributed by atoms with Gasteiger partial charge >= 0.3 is 6.16 Å². The normalized spacial score (nSPS) is 32.7. The molecule has 8 nitrogen and oxygen atoms in total. The fourth-order valence-corrected chi connectivity index (χ4v) is 240. The molecule has 0 radical (unpaired) electrons. The second-order valence-corrected chi connectivity index (χ2v) is 136. The zero-order chi connectivity index (χ0) is 48.0. The second kappa shape index (κ2) is 30.9. The number of Topliss-reactive ketones (excluding diaryl/α,β-unsaturated/α-hetero) is 1. The maximum absolute atomic E-state index is 15.8. The van der Waals surface area contributed by atoms with E-state index in [-0.39, 0.29) is 32.8 Å². The molecule has 33 atom stereocenters. The molecule has 0 N–H and O–H groups in total. The van der Waals surface area contributed by atoms with Crippen LogP contribution in [0.3, 0.4) is 0 Å². The maximum atomic E-state index is 15.8. The van der Waals surface area contributed by atoms with Gasteiger partial charge in [-0.2, -0.15) is 0 Å². The van der Waals surface area contributed by atoms with Crippen LogP contribution in [0.4, 0.5) is 4.79 Å². The molecule has 4 aliphatic rings. The third-order valence-electron chi connectivity index (χ3n) is 11.0. The Balaban J connectivity index is 2.10. The number of fused-ring (bicyclic) bond motifs is 3. The van der Waals surface area contributed by atoms with Gasteiger partial charge in [-0.15, -0.1) is 152 Å². The van der Waals surface area contributed by atoms with Crippen LogP contribution in [0.15, 0.2) is 11.1 Å². The Morgan fingerprint density at radius 1 is 0.603 bits per heavy atom. The summed E-state index contributed by atoms with van der Waals surface area (Å²) in [7, 11) is 55.0. The monoisotopic (exact) mass is 1520 g/mol. The molecule has 3 fully saturated rings. The molecule has 63 heavy (non-hydrogen) atoms. The Bertz CT molecular complexity index is 1590. The predicted octanol–water partition coefficient (Wildman–Crippen LogP) is 22.1. The molecule has 2 saturated carbocycles. The molecule has 2 bridgehead atoms. The van der Waals surface area contributed by atoms with E-state index in [1.165, 1.54) is 0 Å². The van der Waals surface area contributed by atoms with Gasteiger partial charge in [0, 0.05) is 37.6 Å². The van der Waals surface area contributed by atoms with Gasteiger partial charge in [0.2, 0.25) is 0 Å². The number of carbonyl (C=O) groups is 2. The van der Waals surface area contributed by atoms with Gasteiger partial charge in [-0.1, -0.05) is 46.6 Å². The molecule has 0 aromatic rings. The SMILES string of the molecule is CC1=C2[C@H](OP(P(P)P)P(PP)P(P)P)C[C@]3(C)[C@@H](OP(P(P)P)P(P)P)C[C@H](OP(P)P(P)P)C(=O)[C@H]3[C@@H]3OC(=O)O[C@@]3(C[C@@H]1OP(P)P(P(P)P)P(P(P)P)P(P)P)C2(C)C. The van der Waals surface area contributed by atoms with Crippen molar-refractivity contribution in [1.29, 1.82) is 0 Å². The molecule has 0 amide bonds. The average molecular weight is 1520 g/mol. The zero-order valence-corrected chi connectivity index (χ0v) is 70.9. The molecule has 1 aliphatic heterocycles. The van der Waals surface area contributed by atoms with Gasteiger partial charge in [-0.05, 0) is 87.4 Å². The van der Waals surface area contributed by atoms with Crippen molar-refractivity contribution in [3.63, 3.8) is 0 Å². The van der Waals surface area contributed by atoms with E-state index < -0.39 is 139 Å². The molecule has 1 spiro atoms. The van der Waals surface area contributed by atoms with E-state index in [9.17, 15) is 4.79 Å². The topological polar surface area (TPSA) is 89.5 Å². The highest BCUT2D eigenvalue weighted by atomic mass is 33.3. The smallest absolute Gasteiger partial charge is 0.426 e. The van der Waals surface area contributed by atoms with Crippen LogP contribution in [-0.4, -0.2) is 48.1 Å². The van der Waals surface area contributed by atoms with Gasteiger partial charge in [0.05, 0.1) is 54.3 Å². The Kier molecular flexibility index (Phi) is 33.9. The zero-order valence-electron chi connectivity index (χ0n) is 34.5. The lowest BCUT2D eigenvalue weighted by Crippen LogP contribution is -2.69. The number of carbonyl (C=O) groups excluding carboxylic acids is 2. The number of hydrogen-bond donors (Lipinski definition) is 0. The van der Waals surface area contributed by atoms with Gasteiger partial charge in [0.1, 0.15) is 6.10 Å². The summed E-state index contributed by atoms with van der Waals surface area (Å²) in [6, 6.07) is 0. The number of hydrogen-bond acceptors (Lipinski definition) is 8. The molecular formula is C20H63O8P35. The van der Waals surface area contributed by atoms with Crippen molar-refractivity contribution < 1.29 is 37.2 Å². The Hall–Kier alpha value is 13.6. The van der Waals surface area contributed by atoms with E-state index in [0.717, 1.165) is 11.1 Å². The van der Waals surface area contributed by atoms with Crippen molar-refractivity contribution in [2.75, 3.05) is 0 Å². The van der Waals surface area contributed by atoms with Gasteiger partial charge < -0.3 is 27.6 Å². The van der Waals surface area contributed by atoms with Crippen LogP contribution in [0, 0.1) is 16.7 Å². The highest BCUT2D eigenvalue weighted by Crippen LogP contribution is 3.21. The minimum absolute atomic E-state index is 0.0396. The lowest BCUT2D eigenvalue weighted by molar-refractivity contribution is -0.183. The highest BCUT2D eigenvalue weighted by molar-refractivity contribution is 9.25.